The Bertz CT molecular complexity index is 441. The highest BCUT2D eigenvalue weighted by Gasteiger charge is 2.19. The predicted molar refractivity (Wildman–Crippen MR) is 64.5 cm³/mol. The lowest BCUT2D eigenvalue weighted by molar-refractivity contribution is -0.130. The molecule has 1 fully saturated rings. The van der Waals surface area contributed by atoms with Gasteiger partial charge in [0.1, 0.15) is 0 Å². The molecule has 0 bridgehead atoms. The van der Waals surface area contributed by atoms with Crippen LogP contribution < -0.4 is 0 Å². The van der Waals surface area contributed by atoms with Gasteiger partial charge >= 0.3 is 5.97 Å². The van der Waals surface area contributed by atoms with Gasteiger partial charge < -0.3 is 5.11 Å². The lowest BCUT2D eigenvalue weighted by Gasteiger charge is -2.07. The van der Waals surface area contributed by atoms with Crippen molar-refractivity contribution in [2.24, 2.45) is 0 Å². The van der Waals surface area contributed by atoms with Crippen LogP contribution in [-0.2, 0) is 4.79 Å². The third-order valence-corrected chi connectivity index (χ3v) is 3.12. The molecule has 1 aliphatic rings. The molecular weight excluding hydrogens is 224 g/mol. The highest BCUT2D eigenvalue weighted by Crippen LogP contribution is 2.32. The van der Waals surface area contributed by atoms with E-state index >= 15 is 0 Å². The predicted octanol–water partition coefficient (Wildman–Crippen LogP) is 3.75. The Morgan fingerprint density at radius 3 is 2.50 bits per heavy atom. The van der Waals surface area contributed by atoms with Gasteiger partial charge in [-0.1, -0.05) is 29.3 Å². The summed E-state index contributed by atoms with van der Waals surface area (Å²) in [5, 5.41) is 9.86. The van der Waals surface area contributed by atoms with Crippen LogP contribution in [0.15, 0.2) is 29.8 Å². The van der Waals surface area contributed by atoms with Crippen LogP contribution in [0, 0.1) is 0 Å². The summed E-state index contributed by atoms with van der Waals surface area (Å²) >= 11 is 5.88. The summed E-state index contributed by atoms with van der Waals surface area (Å²) in [5.74, 6) is -0.848. The molecular formula is C13H13ClO2. The molecule has 0 unspecified atom stereocenters. The standard InChI is InChI=1S/C13H13ClO2/c14-11-7-3-6-10(8-11)12(13(15)16)9-4-1-2-5-9/h3,6-8H,1-2,4-5H2,(H,15,16). The first-order valence-electron chi connectivity index (χ1n) is 5.40. The summed E-state index contributed by atoms with van der Waals surface area (Å²) in [6, 6.07) is 7.07. The summed E-state index contributed by atoms with van der Waals surface area (Å²) < 4.78 is 0. The van der Waals surface area contributed by atoms with Gasteiger partial charge in [0.2, 0.25) is 0 Å². The molecule has 1 N–H and O–H groups in total. The van der Waals surface area contributed by atoms with E-state index < -0.39 is 5.97 Å². The molecule has 0 amide bonds. The molecule has 1 aromatic carbocycles. The zero-order chi connectivity index (χ0) is 11.5. The molecule has 0 atom stereocenters. The van der Waals surface area contributed by atoms with Crippen LogP contribution in [0.2, 0.25) is 5.02 Å². The maximum Gasteiger partial charge on any atom is 0.336 e. The van der Waals surface area contributed by atoms with Crippen LogP contribution >= 0.6 is 11.6 Å². The third-order valence-electron chi connectivity index (χ3n) is 2.89. The van der Waals surface area contributed by atoms with Crippen LogP contribution in [0.1, 0.15) is 31.2 Å². The molecule has 0 spiro atoms. The number of hydrogen-bond acceptors (Lipinski definition) is 1. The van der Waals surface area contributed by atoms with E-state index in [2.05, 4.69) is 0 Å². The number of halogens is 1. The fraction of sp³-hybridized carbons (Fsp3) is 0.308. The zero-order valence-electron chi connectivity index (χ0n) is 8.87. The van der Waals surface area contributed by atoms with Gasteiger partial charge in [-0.3, -0.25) is 0 Å². The van der Waals surface area contributed by atoms with Crippen LogP contribution in [0.25, 0.3) is 5.57 Å². The van der Waals surface area contributed by atoms with Crippen molar-refractivity contribution in [3.63, 3.8) is 0 Å². The molecule has 1 aliphatic carbocycles. The van der Waals surface area contributed by atoms with E-state index in [-0.39, 0.29) is 0 Å². The summed E-state index contributed by atoms with van der Waals surface area (Å²) in [7, 11) is 0. The number of rotatable bonds is 2. The van der Waals surface area contributed by atoms with Crippen molar-refractivity contribution in [1.29, 1.82) is 0 Å². The largest absolute Gasteiger partial charge is 0.478 e. The van der Waals surface area contributed by atoms with Crippen LogP contribution in [0.3, 0.4) is 0 Å². The molecule has 0 aliphatic heterocycles. The van der Waals surface area contributed by atoms with E-state index in [1.165, 1.54) is 0 Å². The number of aliphatic carboxylic acids is 1. The second kappa shape index (κ2) is 4.71. The molecule has 3 heteroatoms. The lowest BCUT2D eigenvalue weighted by Crippen LogP contribution is -2.02. The molecule has 1 saturated carbocycles. The smallest absolute Gasteiger partial charge is 0.336 e. The van der Waals surface area contributed by atoms with Crippen molar-refractivity contribution in [3.8, 4) is 0 Å². The van der Waals surface area contributed by atoms with Crippen molar-refractivity contribution in [2.75, 3.05) is 0 Å². The Morgan fingerprint density at radius 2 is 1.94 bits per heavy atom. The Hall–Kier alpha value is -1.28. The van der Waals surface area contributed by atoms with E-state index in [4.69, 9.17) is 11.6 Å². The summed E-state index contributed by atoms with van der Waals surface area (Å²) in [5.41, 5.74) is 2.21. The van der Waals surface area contributed by atoms with Crippen molar-refractivity contribution >= 4 is 23.1 Å². The second-order valence-electron chi connectivity index (χ2n) is 4.00. The second-order valence-corrected chi connectivity index (χ2v) is 4.44. The topological polar surface area (TPSA) is 37.3 Å². The van der Waals surface area contributed by atoms with E-state index in [1.54, 1.807) is 24.3 Å². The maximum absolute atomic E-state index is 11.3. The number of hydrogen-bond donors (Lipinski definition) is 1. The highest BCUT2D eigenvalue weighted by molar-refractivity contribution is 6.31. The molecule has 16 heavy (non-hydrogen) atoms. The quantitative estimate of drug-likeness (QED) is 0.794. The van der Waals surface area contributed by atoms with Crippen LogP contribution in [0.5, 0.6) is 0 Å². The van der Waals surface area contributed by atoms with Crippen molar-refractivity contribution in [3.05, 3.63) is 40.4 Å². The number of carbonyl (C=O) groups is 1. The van der Waals surface area contributed by atoms with Gasteiger partial charge in [0.25, 0.3) is 0 Å². The van der Waals surface area contributed by atoms with Crippen LogP contribution in [-0.4, -0.2) is 11.1 Å². The molecule has 84 valence electrons. The first-order chi connectivity index (χ1) is 7.68. The monoisotopic (exact) mass is 236 g/mol. The number of allylic oxidation sites excluding steroid dienone is 1. The van der Waals surface area contributed by atoms with E-state index in [9.17, 15) is 9.90 Å². The minimum absolute atomic E-state index is 0.444. The van der Waals surface area contributed by atoms with Gasteiger partial charge in [-0.2, -0.15) is 0 Å². The Kier molecular flexibility index (Phi) is 3.30. The Morgan fingerprint density at radius 1 is 1.25 bits per heavy atom. The normalized spacial score (nSPS) is 15.2. The van der Waals surface area contributed by atoms with Crippen molar-refractivity contribution in [2.45, 2.75) is 25.7 Å². The van der Waals surface area contributed by atoms with Gasteiger partial charge in [-0.25, -0.2) is 4.79 Å². The fourth-order valence-corrected chi connectivity index (χ4v) is 2.36. The maximum atomic E-state index is 11.3. The van der Waals surface area contributed by atoms with Crippen molar-refractivity contribution < 1.29 is 9.90 Å². The first-order valence-corrected chi connectivity index (χ1v) is 5.77. The number of carboxylic acids is 1. The van der Waals surface area contributed by atoms with Crippen LogP contribution in [0.4, 0.5) is 0 Å². The number of benzene rings is 1. The Labute approximate surface area is 99.5 Å². The minimum Gasteiger partial charge on any atom is -0.478 e. The van der Waals surface area contributed by atoms with Gasteiger partial charge in [-0.05, 0) is 43.4 Å². The molecule has 0 saturated heterocycles. The number of carboxylic acid groups (broad SMARTS) is 1. The highest BCUT2D eigenvalue weighted by atomic mass is 35.5. The van der Waals surface area contributed by atoms with Crippen molar-refractivity contribution in [1.82, 2.24) is 0 Å². The van der Waals surface area contributed by atoms with Gasteiger partial charge in [0, 0.05) is 5.02 Å². The van der Waals surface area contributed by atoms with Gasteiger partial charge in [0.15, 0.2) is 0 Å². The minimum atomic E-state index is -0.848. The van der Waals surface area contributed by atoms with Gasteiger partial charge in [-0.15, -0.1) is 0 Å². The first kappa shape index (κ1) is 11.2. The van der Waals surface area contributed by atoms with E-state index in [0.717, 1.165) is 36.8 Å². The van der Waals surface area contributed by atoms with Gasteiger partial charge in [0.05, 0.1) is 5.57 Å². The SMILES string of the molecule is O=C(O)C(=C1CCCC1)c1cccc(Cl)c1. The fourth-order valence-electron chi connectivity index (χ4n) is 2.17. The summed E-state index contributed by atoms with van der Waals surface area (Å²) in [6.45, 7) is 0. The molecule has 2 nitrogen and oxygen atoms in total. The molecule has 2 rings (SSSR count). The average Bonchev–Trinajstić information content (AvgIpc) is 2.71. The zero-order valence-corrected chi connectivity index (χ0v) is 9.63. The van der Waals surface area contributed by atoms with E-state index in [1.807, 2.05) is 0 Å². The summed E-state index contributed by atoms with van der Waals surface area (Å²) in [4.78, 5) is 11.3. The molecule has 0 heterocycles. The Balaban J connectivity index is 2.48. The molecule has 0 aromatic heterocycles. The van der Waals surface area contributed by atoms with E-state index in [0.29, 0.717) is 10.6 Å². The third kappa shape index (κ3) is 2.27. The molecule has 1 aromatic rings. The molecule has 0 radical (unpaired) electrons. The lowest BCUT2D eigenvalue weighted by atomic mass is 9.99. The average molecular weight is 237 g/mol. The summed E-state index contributed by atoms with van der Waals surface area (Å²) in [6.07, 6.45) is 3.97.